The lowest BCUT2D eigenvalue weighted by Crippen LogP contribution is -3.00. The Hall–Kier alpha value is -0.720. The van der Waals surface area contributed by atoms with Gasteiger partial charge in [-0.15, -0.1) is 0 Å². The summed E-state index contributed by atoms with van der Waals surface area (Å²) in [6.07, 6.45) is 0.0959. The molecule has 0 aromatic heterocycles. The maximum absolute atomic E-state index is 9.99. The molecule has 6 nitrogen and oxygen atoms in total. The molecule has 0 radical (unpaired) electrons. The van der Waals surface area contributed by atoms with Crippen LogP contribution in [0.4, 0.5) is 0 Å². The number of halogens is 2. The Kier molecular flexibility index (Phi) is 15.7. The maximum atomic E-state index is 9.99. The molecule has 13 heavy (non-hydrogen) atoms. The van der Waals surface area contributed by atoms with Gasteiger partial charge in [0.2, 0.25) is 0 Å². The lowest BCUT2D eigenvalue weighted by atomic mass is 10.4. The standard InChI is InChI=1S/C5H11N3O3.2ClH/c6-4(8-11)3-7-2-1-5(9)10;;/h7,11H,1-3H2,(H2,6,8)(H,9,10);2*1H. The largest absolute Gasteiger partial charge is 1.00 e. The van der Waals surface area contributed by atoms with Crippen molar-refractivity contribution < 1.29 is 50.4 Å². The van der Waals surface area contributed by atoms with Crippen molar-refractivity contribution >= 4 is 11.8 Å². The van der Waals surface area contributed by atoms with Crippen LogP contribution in [0.5, 0.6) is 0 Å². The molecule has 0 saturated carbocycles. The van der Waals surface area contributed by atoms with Crippen molar-refractivity contribution in [2.45, 2.75) is 6.42 Å². The molecular weight excluding hydrogens is 221 g/mol. The molecule has 0 saturated heterocycles. The van der Waals surface area contributed by atoms with Gasteiger partial charge in [0.25, 0.3) is 0 Å². The van der Waals surface area contributed by atoms with Gasteiger partial charge in [0, 0.05) is 0 Å². The fraction of sp³-hybridized carbons (Fsp3) is 0.600. The molecular formula is C5H13Cl2N3O3. The lowest BCUT2D eigenvalue weighted by Gasteiger charge is -1.93. The van der Waals surface area contributed by atoms with E-state index in [1.807, 2.05) is 0 Å². The van der Waals surface area contributed by atoms with Gasteiger partial charge < -0.3 is 40.4 Å². The van der Waals surface area contributed by atoms with Crippen molar-refractivity contribution in [1.82, 2.24) is 0 Å². The third-order valence-corrected chi connectivity index (χ3v) is 1.07. The number of aliphatic carboxylic acids is 1. The van der Waals surface area contributed by atoms with Gasteiger partial charge in [0.1, 0.15) is 0 Å². The number of hydrogen-bond donors (Lipinski definition) is 5. The summed E-state index contributed by atoms with van der Waals surface area (Å²) < 4.78 is 0. The van der Waals surface area contributed by atoms with Gasteiger partial charge >= 0.3 is 11.8 Å². The molecule has 0 aliphatic rings. The molecule has 0 aromatic rings. The van der Waals surface area contributed by atoms with Gasteiger partial charge in [0.15, 0.2) is 6.54 Å². The molecule has 0 unspecified atom stereocenters. The fourth-order valence-electron chi connectivity index (χ4n) is 0.529. The zero-order valence-electron chi connectivity index (χ0n) is 6.83. The average molecular weight is 234 g/mol. The molecule has 0 bridgehead atoms. The Balaban J connectivity index is -0.000000500. The topological polar surface area (TPSA) is 114 Å². The number of amidine groups is 1. The van der Waals surface area contributed by atoms with Crippen LogP contribution in [-0.4, -0.2) is 35.2 Å². The van der Waals surface area contributed by atoms with E-state index in [1.165, 1.54) is 0 Å². The Bertz CT molecular complexity index is 165. The number of nitrogens with one attached hydrogen (secondary N) is 1. The van der Waals surface area contributed by atoms with Gasteiger partial charge in [-0.25, -0.2) is 0 Å². The van der Waals surface area contributed by atoms with Crippen LogP contribution in [-0.2, 0) is 4.79 Å². The minimum absolute atomic E-state index is 0. The van der Waals surface area contributed by atoms with Crippen LogP contribution in [0.15, 0.2) is 0 Å². The number of hydrogen-bond acceptors (Lipinski definition) is 2. The summed E-state index contributed by atoms with van der Waals surface area (Å²) in [6, 6.07) is 0. The third kappa shape index (κ3) is 14.2. The number of carbonyl (C=O) groups is 1. The fourth-order valence-corrected chi connectivity index (χ4v) is 0.529. The highest BCUT2D eigenvalue weighted by Crippen LogP contribution is 1.67. The first-order valence-electron chi connectivity index (χ1n) is 3.21. The normalized spacial score (nSPS) is 9.69. The van der Waals surface area contributed by atoms with Crippen molar-refractivity contribution in [1.29, 1.82) is 0 Å². The zero-order chi connectivity index (χ0) is 8.69. The highest BCUT2D eigenvalue weighted by Gasteiger charge is 2.02. The number of quaternary nitrogens is 1. The van der Waals surface area contributed by atoms with Crippen molar-refractivity contribution in [3.63, 3.8) is 0 Å². The molecule has 80 valence electrons. The first-order valence-corrected chi connectivity index (χ1v) is 3.21. The molecule has 0 aliphatic heterocycles. The van der Waals surface area contributed by atoms with E-state index in [4.69, 9.17) is 16.0 Å². The van der Waals surface area contributed by atoms with E-state index in [2.05, 4.69) is 0 Å². The highest BCUT2D eigenvalue weighted by molar-refractivity contribution is 5.74. The number of carboxylic acid groups (broad SMARTS) is 1. The molecule has 0 spiro atoms. The minimum atomic E-state index is -0.836. The van der Waals surface area contributed by atoms with Gasteiger partial charge in [-0.3, -0.25) is 10.5 Å². The molecule has 0 aromatic carbocycles. The molecule has 8 heteroatoms. The molecule has 0 fully saturated rings. The van der Waals surface area contributed by atoms with E-state index in [0.717, 1.165) is 0 Å². The SMILES string of the molecule is N/C(C[NH2+]CCC(=O)O)=[NH+]\O.[Cl-].[Cl-]. The minimum Gasteiger partial charge on any atom is -1.00 e. The summed E-state index contributed by atoms with van der Waals surface area (Å²) in [4.78, 5) is 9.99. The summed E-state index contributed by atoms with van der Waals surface area (Å²) in [5.41, 5.74) is 5.17. The summed E-state index contributed by atoms with van der Waals surface area (Å²) in [5.74, 6) is -0.618. The summed E-state index contributed by atoms with van der Waals surface area (Å²) in [7, 11) is 0. The van der Waals surface area contributed by atoms with E-state index < -0.39 is 5.97 Å². The summed E-state index contributed by atoms with van der Waals surface area (Å²) in [6.45, 7) is 0.835. The molecule has 0 aliphatic carbocycles. The van der Waals surface area contributed by atoms with Crippen LogP contribution < -0.4 is 41.0 Å². The monoisotopic (exact) mass is 233 g/mol. The predicted octanol–water partition coefficient (Wildman–Crippen LogP) is -10.1. The van der Waals surface area contributed by atoms with E-state index >= 15 is 0 Å². The second-order valence-corrected chi connectivity index (χ2v) is 2.06. The summed E-state index contributed by atoms with van der Waals surface area (Å²) >= 11 is 0. The van der Waals surface area contributed by atoms with Gasteiger partial charge in [-0.05, 0) is 0 Å². The van der Waals surface area contributed by atoms with Crippen LogP contribution in [0.3, 0.4) is 0 Å². The van der Waals surface area contributed by atoms with Crippen molar-refractivity contribution in [2.24, 2.45) is 5.73 Å². The van der Waals surface area contributed by atoms with Crippen LogP contribution in [0.25, 0.3) is 0 Å². The second kappa shape index (κ2) is 11.3. The van der Waals surface area contributed by atoms with E-state index in [9.17, 15) is 4.79 Å². The Labute approximate surface area is 88.0 Å². The van der Waals surface area contributed by atoms with Crippen LogP contribution in [0.1, 0.15) is 6.42 Å². The highest BCUT2D eigenvalue weighted by atomic mass is 35.5. The van der Waals surface area contributed by atoms with Crippen molar-refractivity contribution in [2.75, 3.05) is 13.1 Å². The number of carboxylic acids is 1. The Morgan fingerprint density at radius 2 is 2.00 bits per heavy atom. The summed E-state index contributed by atoms with van der Waals surface area (Å²) in [5, 5.41) is 19.9. The second-order valence-electron chi connectivity index (χ2n) is 2.06. The quantitative estimate of drug-likeness (QED) is 0.107. The molecule has 0 atom stereocenters. The number of rotatable bonds is 5. The number of nitrogens with two attached hydrogens (primary N) is 2. The van der Waals surface area contributed by atoms with Gasteiger partial charge in [-0.1, -0.05) is 5.16 Å². The molecule has 0 amide bonds. The smallest absolute Gasteiger partial charge is 0.334 e. The van der Waals surface area contributed by atoms with Crippen LogP contribution in [0.2, 0.25) is 0 Å². The van der Waals surface area contributed by atoms with Crippen molar-refractivity contribution in [3.05, 3.63) is 0 Å². The first kappa shape index (κ1) is 18.1. The van der Waals surface area contributed by atoms with E-state index in [-0.39, 0.29) is 37.1 Å². The van der Waals surface area contributed by atoms with Crippen molar-refractivity contribution in [3.8, 4) is 0 Å². The zero-order valence-corrected chi connectivity index (χ0v) is 8.35. The van der Waals surface area contributed by atoms with Crippen LogP contribution >= 0.6 is 0 Å². The lowest BCUT2D eigenvalue weighted by molar-refractivity contribution is -0.746. The molecule has 0 rings (SSSR count). The predicted molar refractivity (Wildman–Crippen MR) is 35.9 cm³/mol. The third-order valence-electron chi connectivity index (χ3n) is 1.07. The van der Waals surface area contributed by atoms with E-state index in [1.54, 1.807) is 10.5 Å². The Morgan fingerprint density at radius 1 is 1.46 bits per heavy atom. The molecule has 7 N–H and O–H groups in total. The maximum Gasteiger partial charge on any atom is 0.334 e. The molecule has 0 heterocycles. The Morgan fingerprint density at radius 3 is 2.38 bits per heavy atom. The first-order chi connectivity index (χ1) is 5.16. The van der Waals surface area contributed by atoms with Gasteiger partial charge in [0.05, 0.1) is 13.0 Å². The van der Waals surface area contributed by atoms with Gasteiger partial charge in [-0.2, -0.15) is 0 Å². The van der Waals surface area contributed by atoms with E-state index in [0.29, 0.717) is 13.1 Å². The average Bonchev–Trinajstić information content (AvgIpc) is 1.97. The van der Waals surface area contributed by atoms with Crippen LogP contribution in [0, 0.1) is 0 Å².